The molecule has 0 aliphatic carbocycles. The molecule has 0 N–H and O–H groups in total. The fourth-order valence-corrected chi connectivity index (χ4v) is 3.63. The van der Waals surface area contributed by atoms with Gasteiger partial charge in [0.25, 0.3) is 5.91 Å². The van der Waals surface area contributed by atoms with Gasteiger partial charge in [0.1, 0.15) is 6.33 Å². The molecule has 140 valence electrons. The lowest BCUT2D eigenvalue weighted by atomic mass is 10.1. The van der Waals surface area contributed by atoms with E-state index in [4.69, 9.17) is 0 Å². The van der Waals surface area contributed by atoms with Crippen LogP contribution in [0, 0.1) is 0 Å². The number of carbonyl (C=O) groups excluding carboxylic acids is 1. The molecular weight excluding hydrogens is 366 g/mol. The van der Waals surface area contributed by atoms with Crippen LogP contribution in [-0.2, 0) is 6.54 Å². The topological polar surface area (TPSA) is 38.1 Å². The van der Waals surface area contributed by atoms with E-state index in [1.54, 1.807) is 16.7 Å². The second-order valence-corrected chi connectivity index (χ2v) is 7.54. The molecular formula is C23H21N3OS. The lowest BCUT2D eigenvalue weighted by molar-refractivity contribution is 0.0785. The van der Waals surface area contributed by atoms with Gasteiger partial charge in [0.05, 0.1) is 11.0 Å². The number of para-hydroxylation sites is 2. The second-order valence-electron chi connectivity index (χ2n) is 6.66. The SMILES string of the molecule is CSc1ccc(CN(C)C(=O)c2ccc(-n3cnc4ccccc43)cc2)cc1. The summed E-state index contributed by atoms with van der Waals surface area (Å²) in [6.45, 7) is 0.585. The van der Waals surface area contributed by atoms with E-state index in [1.807, 2.05) is 66.5 Å². The zero-order valence-corrected chi connectivity index (χ0v) is 16.7. The van der Waals surface area contributed by atoms with Crippen LogP contribution in [0.1, 0.15) is 15.9 Å². The lowest BCUT2D eigenvalue weighted by Gasteiger charge is -2.18. The molecule has 4 rings (SSSR count). The molecule has 0 atom stereocenters. The van der Waals surface area contributed by atoms with Gasteiger partial charge in [0.15, 0.2) is 0 Å². The van der Waals surface area contributed by atoms with Crippen molar-refractivity contribution in [3.05, 3.63) is 90.3 Å². The third-order valence-corrected chi connectivity index (χ3v) is 5.52. The summed E-state index contributed by atoms with van der Waals surface area (Å²) < 4.78 is 2.03. The van der Waals surface area contributed by atoms with Gasteiger partial charge < -0.3 is 4.90 Å². The van der Waals surface area contributed by atoms with Gasteiger partial charge in [-0.2, -0.15) is 0 Å². The molecule has 1 aromatic heterocycles. The van der Waals surface area contributed by atoms with Crippen molar-refractivity contribution in [3.63, 3.8) is 0 Å². The van der Waals surface area contributed by atoms with E-state index in [0.29, 0.717) is 12.1 Å². The summed E-state index contributed by atoms with van der Waals surface area (Å²) in [5, 5.41) is 0. The van der Waals surface area contributed by atoms with Crippen molar-refractivity contribution in [2.24, 2.45) is 0 Å². The maximum absolute atomic E-state index is 12.8. The van der Waals surface area contributed by atoms with E-state index in [0.717, 1.165) is 22.3 Å². The zero-order valence-electron chi connectivity index (χ0n) is 15.9. The number of rotatable bonds is 5. The van der Waals surface area contributed by atoms with Gasteiger partial charge in [-0.05, 0) is 60.4 Å². The first-order valence-electron chi connectivity index (χ1n) is 9.06. The molecule has 0 spiro atoms. The van der Waals surface area contributed by atoms with E-state index in [1.165, 1.54) is 4.90 Å². The number of amides is 1. The van der Waals surface area contributed by atoms with Crippen molar-refractivity contribution in [3.8, 4) is 5.69 Å². The van der Waals surface area contributed by atoms with Crippen LogP contribution in [0.2, 0.25) is 0 Å². The Morgan fingerprint density at radius 2 is 1.71 bits per heavy atom. The van der Waals surface area contributed by atoms with Crippen LogP contribution in [0.4, 0.5) is 0 Å². The Hall–Kier alpha value is -3.05. The quantitative estimate of drug-likeness (QED) is 0.451. The van der Waals surface area contributed by atoms with Gasteiger partial charge in [-0.3, -0.25) is 9.36 Å². The van der Waals surface area contributed by atoms with Gasteiger partial charge in [0.2, 0.25) is 0 Å². The molecule has 0 fully saturated rings. The monoisotopic (exact) mass is 387 g/mol. The van der Waals surface area contributed by atoms with Gasteiger partial charge in [-0.25, -0.2) is 4.98 Å². The number of thioether (sulfide) groups is 1. The third kappa shape index (κ3) is 3.66. The number of benzene rings is 3. The number of carbonyl (C=O) groups is 1. The van der Waals surface area contributed by atoms with Crippen molar-refractivity contribution >= 4 is 28.7 Å². The highest BCUT2D eigenvalue weighted by Crippen LogP contribution is 2.19. The molecule has 3 aromatic carbocycles. The van der Waals surface area contributed by atoms with E-state index < -0.39 is 0 Å². The lowest BCUT2D eigenvalue weighted by Crippen LogP contribution is -2.26. The third-order valence-electron chi connectivity index (χ3n) is 4.77. The van der Waals surface area contributed by atoms with Crippen LogP contribution in [-0.4, -0.2) is 33.7 Å². The first-order chi connectivity index (χ1) is 13.7. The molecule has 28 heavy (non-hydrogen) atoms. The predicted octanol–water partition coefficient (Wildman–Crippen LogP) is 5.02. The largest absolute Gasteiger partial charge is 0.337 e. The highest BCUT2D eigenvalue weighted by Gasteiger charge is 2.13. The number of imidazole rings is 1. The average molecular weight is 388 g/mol. The summed E-state index contributed by atoms with van der Waals surface area (Å²) in [4.78, 5) is 20.2. The first-order valence-corrected chi connectivity index (χ1v) is 10.3. The van der Waals surface area contributed by atoms with Gasteiger partial charge in [-0.15, -0.1) is 11.8 Å². The maximum Gasteiger partial charge on any atom is 0.253 e. The molecule has 0 radical (unpaired) electrons. The molecule has 5 heteroatoms. The summed E-state index contributed by atoms with van der Waals surface area (Å²) >= 11 is 1.71. The van der Waals surface area contributed by atoms with E-state index in [9.17, 15) is 4.79 Å². The van der Waals surface area contributed by atoms with Crippen LogP contribution in [0.25, 0.3) is 16.7 Å². The van der Waals surface area contributed by atoms with E-state index >= 15 is 0 Å². The standard InChI is InChI=1S/C23H21N3OS/c1-25(15-17-7-13-20(28-2)14-8-17)23(27)18-9-11-19(12-10-18)26-16-24-21-5-3-4-6-22(21)26/h3-14,16H,15H2,1-2H3. The average Bonchev–Trinajstić information content (AvgIpc) is 3.18. The minimum absolute atomic E-state index is 0.0102. The predicted molar refractivity (Wildman–Crippen MR) is 115 cm³/mol. The Balaban J connectivity index is 1.50. The Kier molecular flexibility index (Phi) is 5.17. The first kappa shape index (κ1) is 18.3. The van der Waals surface area contributed by atoms with E-state index in [2.05, 4.69) is 35.5 Å². The van der Waals surface area contributed by atoms with E-state index in [-0.39, 0.29) is 5.91 Å². The Bertz CT molecular complexity index is 1100. The number of nitrogens with zero attached hydrogens (tertiary/aromatic N) is 3. The molecule has 1 amide bonds. The molecule has 4 aromatic rings. The summed E-state index contributed by atoms with van der Waals surface area (Å²) in [6.07, 6.45) is 3.87. The fraction of sp³-hybridized carbons (Fsp3) is 0.130. The Labute approximate surface area is 168 Å². The zero-order chi connectivity index (χ0) is 19.5. The molecule has 0 saturated heterocycles. The fourth-order valence-electron chi connectivity index (χ4n) is 3.23. The highest BCUT2D eigenvalue weighted by atomic mass is 32.2. The van der Waals surface area contributed by atoms with Crippen molar-refractivity contribution in [2.75, 3.05) is 13.3 Å². The van der Waals surface area contributed by atoms with Crippen molar-refractivity contribution in [1.29, 1.82) is 0 Å². The van der Waals surface area contributed by atoms with Gasteiger partial charge >= 0.3 is 0 Å². The van der Waals surface area contributed by atoms with Crippen LogP contribution >= 0.6 is 11.8 Å². The Morgan fingerprint density at radius 1 is 1.00 bits per heavy atom. The van der Waals surface area contributed by atoms with Gasteiger partial charge in [0, 0.05) is 29.7 Å². The van der Waals surface area contributed by atoms with Crippen LogP contribution < -0.4 is 0 Å². The minimum Gasteiger partial charge on any atom is -0.337 e. The smallest absolute Gasteiger partial charge is 0.253 e. The number of fused-ring (bicyclic) bond motifs is 1. The summed E-state index contributed by atoms with van der Waals surface area (Å²) in [5.41, 5.74) is 4.79. The van der Waals surface area contributed by atoms with Crippen LogP contribution in [0.3, 0.4) is 0 Å². The summed E-state index contributed by atoms with van der Waals surface area (Å²) in [5.74, 6) is 0.0102. The molecule has 0 bridgehead atoms. The Morgan fingerprint density at radius 3 is 2.43 bits per heavy atom. The minimum atomic E-state index is 0.0102. The van der Waals surface area contributed by atoms with Gasteiger partial charge in [-0.1, -0.05) is 24.3 Å². The molecule has 0 aliphatic rings. The molecule has 0 saturated carbocycles. The summed E-state index contributed by atoms with van der Waals surface area (Å²) in [7, 11) is 1.84. The molecule has 4 nitrogen and oxygen atoms in total. The van der Waals surface area contributed by atoms with Crippen molar-refractivity contribution in [1.82, 2.24) is 14.5 Å². The number of hydrogen-bond donors (Lipinski definition) is 0. The molecule has 1 heterocycles. The van der Waals surface area contributed by atoms with Crippen molar-refractivity contribution < 1.29 is 4.79 Å². The van der Waals surface area contributed by atoms with Crippen LogP contribution in [0.15, 0.2) is 84.0 Å². The van der Waals surface area contributed by atoms with Crippen LogP contribution in [0.5, 0.6) is 0 Å². The highest BCUT2D eigenvalue weighted by molar-refractivity contribution is 7.98. The second kappa shape index (κ2) is 7.90. The maximum atomic E-state index is 12.8. The molecule has 0 unspecified atom stereocenters. The number of hydrogen-bond acceptors (Lipinski definition) is 3. The summed E-state index contributed by atoms with van der Waals surface area (Å²) in [6, 6.07) is 24.0. The van der Waals surface area contributed by atoms with Crippen molar-refractivity contribution in [2.45, 2.75) is 11.4 Å². The normalized spacial score (nSPS) is 10.9. The molecule has 0 aliphatic heterocycles. The number of aromatic nitrogens is 2.